The summed E-state index contributed by atoms with van der Waals surface area (Å²) in [4.78, 5) is 26.0. The molecule has 6 heteroatoms. The highest BCUT2D eigenvalue weighted by atomic mass is 19.1. The molecule has 1 aliphatic rings. The minimum atomic E-state index is -0.434. The van der Waals surface area contributed by atoms with E-state index in [9.17, 15) is 14.0 Å². The van der Waals surface area contributed by atoms with Crippen molar-refractivity contribution in [2.75, 3.05) is 19.0 Å². The van der Waals surface area contributed by atoms with Gasteiger partial charge in [-0.3, -0.25) is 9.59 Å². The molecule has 140 valence electrons. The van der Waals surface area contributed by atoms with Crippen molar-refractivity contribution in [3.63, 3.8) is 0 Å². The van der Waals surface area contributed by atoms with Gasteiger partial charge in [0, 0.05) is 17.8 Å². The van der Waals surface area contributed by atoms with Crippen molar-refractivity contribution in [2.24, 2.45) is 0 Å². The Morgan fingerprint density at radius 1 is 1.26 bits per heavy atom. The zero-order valence-electron chi connectivity index (χ0n) is 15.1. The van der Waals surface area contributed by atoms with E-state index in [2.05, 4.69) is 11.9 Å². The van der Waals surface area contributed by atoms with Crippen LogP contribution in [0.25, 0.3) is 0 Å². The van der Waals surface area contributed by atoms with E-state index in [0.29, 0.717) is 17.8 Å². The number of methoxy groups -OCH3 is 1. The van der Waals surface area contributed by atoms with Crippen LogP contribution in [0.3, 0.4) is 0 Å². The number of hydrogen-bond donors (Lipinski definition) is 1. The lowest BCUT2D eigenvalue weighted by atomic mass is 10.0. The van der Waals surface area contributed by atoms with Crippen LogP contribution in [0.15, 0.2) is 55.1 Å². The summed E-state index contributed by atoms with van der Waals surface area (Å²) >= 11 is 0. The molecule has 2 amide bonds. The number of nitrogens with one attached hydrogen (secondary N) is 1. The highest BCUT2D eigenvalue weighted by molar-refractivity contribution is 5.99. The van der Waals surface area contributed by atoms with Gasteiger partial charge in [-0.2, -0.15) is 0 Å². The molecule has 0 aromatic heterocycles. The van der Waals surface area contributed by atoms with E-state index in [0.717, 1.165) is 18.4 Å². The molecule has 0 saturated carbocycles. The SMILES string of the molecule is C=CC(=O)Nc1ccc(C(=O)N2CCCC2c2ccc(OC)c(F)c2)cc1. The number of ether oxygens (including phenoxy) is 1. The molecule has 3 rings (SSSR count). The van der Waals surface area contributed by atoms with Gasteiger partial charge < -0.3 is 15.0 Å². The molecule has 1 atom stereocenters. The fourth-order valence-electron chi connectivity index (χ4n) is 3.30. The minimum absolute atomic E-state index is 0.115. The number of halogens is 1. The van der Waals surface area contributed by atoms with Gasteiger partial charge in [-0.25, -0.2) is 4.39 Å². The minimum Gasteiger partial charge on any atom is -0.494 e. The molecule has 5 nitrogen and oxygen atoms in total. The number of nitrogens with zero attached hydrogens (tertiary/aromatic N) is 1. The van der Waals surface area contributed by atoms with Gasteiger partial charge in [0.05, 0.1) is 13.2 Å². The van der Waals surface area contributed by atoms with Crippen LogP contribution in [0.1, 0.15) is 34.8 Å². The zero-order chi connectivity index (χ0) is 19.4. The van der Waals surface area contributed by atoms with Crippen molar-refractivity contribution in [2.45, 2.75) is 18.9 Å². The van der Waals surface area contributed by atoms with Gasteiger partial charge in [0.25, 0.3) is 5.91 Å². The number of anilines is 1. The van der Waals surface area contributed by atoms with Gasteiger partial charge in [-0.1, -0.05) is 12.6 Å². The van der Waals surface area contributed by atoms with Gasteiger partial charge in [0.2, 0.25) is 5.91 Å². The van der Waals surface area contributed by atoms with Gasteiger partial charge in [-0.15, -0.1) is 0 Å². The second-order valence-corrected chi connectivity index (χ2v) is 6.32. The number of hydrogen-bond acceptors (Lipinski definition) is 3. The predicted molar refractivity (Wildman–Crippen MR) is 101 cm³/mol. The molecule has 1 N–H and O–H groups in total. The van der Waals surface area contributed by atoms with Crippen LogP contribution in [0.2, 0.25) is 0 Å². The van der Waals surface area contributed by atoms with Crippen molar-refractivity contribution in [1.29, 1.82) is 0 Å². The number of benzene rings is 2. The first-order chi connectivity index (χ1) is 13.0. The van der Waals surface area contributed by atoms with E-state index in [1.165, 1.54) is 19.3 Å². The third-order valence-corrected chi connectivity index (χ3v) is 4.66. The molecule has 1 unspecified atom stereocenters. The standard InChI is InChI=1S/C21H21FN2O3/c1-3-20(25)23-16-9-6-14(7-10-16)21(26)24-12-4-5-18(24)15-8-11-19(27-2)17(22)13-15/h3,6-11,13,18H,1,4-5,12H2,2H3,(H,23,25). The lowest BCUT2D eigenvalue weighted by Gasteiger charge is -2.25. The van der Waals surface area contributed by atoms with E-state index in [1.54, 1.807) is 41.3 Å². The van der Waals surface area contributed by atoms with E-state index in [4.69, 9.17) is 4.74 Å². The summed E-state index contributed by atoms with van der Waals surface area (Å²) in [5.74, 6) is -0.672. The van der Waals surface area contributed by atoms with Gasteiger partial charge >= 0.3 is 0 Å². The highest BCUT2D eigenvalue weighted by Crippen LogP contribution is 2.34. The lowest BCUT2D eigenvalue weighted by Crippen LogP contribution is -2.30. The summed E-state index contributed by atoms with van der Waals surface area (Å²) in [6.07, 6.45) is 2.82. The Labute approximate surface area is 157 Å². The maximum Gasteiger partial charge on any atom is 0.254 e. The molecule has 2 aromatic rings. The third kappa shape index (κ3) is 4.00. The molecular formula is C21H21FN2O3. The van der Waals surface area contributed by atoms with Crippen LogP contribution in [0, 0.1) is 5.82 Å². The second kappa shape index (κ2) is 8.03. The summed E-state index contributed by atoms with van der Waals surface area (Å²) < 4.78 is 19.0. The Kier molecular flexibility index (Phi) is 5.54. The largest absolute Gasteiger partial charge is 0.494 e. The van der Waals surface area contributed by atoms with Crippen LogP contribution in [-0.2, 0) is 4.79 Å². The van der Waals surface area contributed by atoms with Crippen molar-refractivity contribution in [3.05, 3.63) is 72.1 Å². The van der Waals surface area contributed by atoms with Crippen molar-refractivity contribution in [3.8, 4) is 5.75 Å². The summed E-state index contributed by atoms with van der Waals surface area (Å²) in [6.45, 7) is 4.02. The Hall–Kier alpha value is -3.15. The summed E-state index contributed by atoms with van der Waals surface area (Å²) in [7, 11) is 1.42. The molecule has 0 radical (unpaired) electrons. The van der Waals surface area contributed by atoms with Gasteiger partial charge in [-0.05, 0) is 60.9 Å². The molecule has 1 fully saturated rings. The normalized spacial score (nSPS) is 16.1. The topological polar surface area (TPSA) is 58.6 Å². The number of carbonyl (C=O) groups is 2. The van der Waals surface area contributed by atoms with Gasteiger partial charge in [0.1, 0.15) is 0 Å². The Morgan fingerprint density at radius 2 is 2.00 bits per heavy atom. The van der Waals surface area contributed by atoms with Gasteiger partial charge in [0.15, 0.2) is 11.6 Å². The smallest absolute Gasteiger partial charge is 0.254 e. The molecule has 1 aliphatic heterocycles. The van der Waals surface area contributed by atoms with Crippen molar-refractivity contribution in [1.82, 2.24) is 4.90 Å². The number of amides is 2. The maximum absolute atomic E-state index is 14.1. The zero-order valence-corrected chi connectivity index (χ0v) is 15.1. The molecule has 0 bridgehead atoms. The first-order valence-electron chi connectivity index (χ1n) is 8.71. The van der Waals surface area contributed by atoms with Crippen molar-refractivity contribution >= 4 is 17.5 Å². The molecular weight excluding hydrogens is 347 g/mol. The predicted octanol–water partition coefficient (Wildman–Crippen LogP) is 3.94. The third-order valence-electron chi connectivity index (χ3n) is 4.66. The van der Waals surface area contributed by atoms with Crippen LogP contribution in [-0.4, -0.2) is 30.4 Å². The monoisotopic (exact) mass is 368 g/mol. The fraction of sp³-hybridized carbons (Fsp3) is 0.238. The molecule has 27 heavy (non-hydrogen) atoms. The number of likely N-dealkylation sites (tertiary alicyclic amines) is 1. The summed E-state index contributed by atoms with van der Waals surface area (Å²) in [6, 6.07) is 11.3. The number of carbonyl (C=O) groups excluding carboxylic acids is 2. The molecule has 0 spiro atoms. The Balaban J connectivity index is 1.78. The van der Waals surface area contributed by atoms with Crippen LogP contribution < -0.4 is 10.1 Å². The van der Waals surface area contributed by atoms with E-state index < -0.39 is 5.82 Å². The van der Waals surface area contributed by atoms with Crippen molar-refractivity contribution < 1.29 is 18.7 Å². The number of rotatable bonds is 5. The first-order valence-corrected chi connectivity index (χ1v) is 8.71. The first kappa shape index (κ1) is 18.6. The highest BCUT2D eigenvalue weighted by Gasteiger charge is 2.31. The fourth-order valence-corrected chi connectivity index (χ4v) is 3.30. The quantitative estimate of drug-likeness (QED) is 0.814. The molecule has 1 saturated heterocycles. The van der Waals surface area contributed by atoms with Crippen LogP contribution in [0.4, 0.5) is 10.1 Å². The molecule has 2 aromatic carbocycles. The molecule has 1 heterocycles. The average Bonchev–Trinajstić information content (AvgIpc) is 3.17. The van der Waals surface area contributed by atoms with Crippen LogP contribution >= 0.6 is 0 Å². The van der Waals surface area contributed by atoms with Crippen LogP contribution in [0.5, 0.6) is 5.75 Å². The van der Waals surface area contributed by atoms with E-state index >= 15 is 0 Å². The second-order valence-electron chi connectivity index (χ2n) is 6.32. The Bertz CT molecular complexity index is 864. The Morgan fingerprint density at radius 3 is 2.63 bits per heavy atom. The molecule has 0 aliphatic carbocycles. The summed E-state index contributed by atoms with van der Waals surface area (Å²) in [5.41, 5.74) is 1.87. The average molecular weight is 368 g/mol. The summed E-state index contributed by atoms with van der Waals surface area (Å²) in [5, 5.41) is 2.64. The van der Waals surface area contributed by atoms with E-state index in [1.807, 2.05) is 0 Å². The maximum atomic E-state index is 14.1. The lowest BCUT2D eigenvalue weighted by molar-refractivity contribution is -0.111. The van der Waals surface area contributed by atoms with E-state index in [-0.39, 0.29) is 23.6 Å².